The highest BCUT2D eigenvalue weighted by Crippen LogP contribution is 2.32. The second kappa shape index (κ2) is 12.5. The Labute approximate surface area is 249 Å². The minimum Gasteiger partial charge on any atom is -0.357 e. The topological polar surface area (TPSA) is 123 Å². The number of unbranched alkanes of at least 4 members (excludes halogenated alkanes) is 1. The molecule has 2 aliphatic heterocycles. The summed E-state index contributed by atoms with van der Waals surface area (Å²) in [4.78, 5) is 52.6. The van der Waals surface area contributed by atoms with E-state index < -0.39 is 6.03 Å². The predicted molar refractivity (Wildman–Crippen MR) is 165 cm³/mol. The molecule has 0 bridgehead atoms. The number of fused-ring (bicyclic) bond motifs is 1. The molecule has 4 amide bonds. The van der Waals surface area contributed by atoms with Crippen LogP contribution in [0.5, 0.6) is 0 Å². The maximum Gasteiger partial charge on any atom is 0.329 e. The summed E-state index contributed by atoms with van der Waals surface area (Å²) in [5.41, 5.74) is 4.43. The Hall–Kier alpha value is -5.01. The highest BCUT2D eigenvalue weighted by atomic mass is 16.2. The number of imide groups is 1. The van der Waals surface area contributed by atoms with E-state index in [0.717, 1.165) is 42.3 Å². The number of nitrogens with one attached hydrogen (secondary N) is 3. The van der Waals surface area contributed by atoms with E-state index in [2.05, 4.69) is 55.4 Å². The van der Waals surface area contributed by atoms with Crippen molar-refractivity contribution in [2.45, 2.75) is 44.6 Å². The summed E-state index contributed by atoms with van der Waals surface area (Å²) in [5.74, 6) is 6.72. The van der Waals surface area contributed by atoms with Gasteiger partial charge in [0, 0.05) is 54.3 Å². The molecule has 218 valence electrons. The molecule has 6 rings (SSSR count). The molecule has 43 heavy (non-hydrogen) atoms. The smallest absolute Gasteiger partial charge is 0.329 e. The number of nitrogens with zero attached hydrogens (tertiary/aromatic N) is 4. The molecule has 2 fully saturated rings. The first-order valence-corrected chi connectivity index (χ1v) is 14.6. The first-order chi connectivity index (χ1) is 20.9. The van der Waals surface area contributed by atoms with Gasteiger partial charge in [0.25, 0.3) is 5.91 Å². The van der Waals surface area contributed by atoms with E-state index in [9.17, 15) is 14.4 Å². The number of urea groups is 1. The van der Waals surface area contributed by atoms with Crippen molar-refractivity contribution in [2.75, 3.05) is 30.4 Å². The molecule has 1 atom stereocenters. The van der Waals surface area contributed by atoms with Gasteiger partial charge in [-0.1, -0.05) is 24.1 Å². The first-order valence-electron chi connectivity index (χ1n) is 14.6. The first kappa shape index (κ1) is 28.1. The summed E-state index contributed by atoms with van der Waals surface area (Å²) in [6.45, 7) is 1.40. The van der Waals surface area contributed by atoms with Crippen LogP contribution in [-0.4, -0.2) is 57.8 Å². The molecular formula is C33H33N7O3. The van der Waals surface area contributed by atoms with Gasteiger partial charge in [-0.2, -0.15) is 0 Å². The molecular weight excluding hydrogens is 542 g/mol. The summed E-state index contributed by atoms with van der Waals surface area (Å²) in [5, 5.41) is 6.26. The van der Waals surface area contributed by atoms with Gasteiger partial charge in [-0.05, 0) is 81.1 Å². The van der Waals surface area contributed by atoms with E-state index in [1.165, 1.54) is 17.0 Å². The minimum absolute atomic E-state index is 0.199. The number of carbonyl (C=O) groups excluding carboxylic acids is 3. The van der Waals surface area contributed by atoms with E-state index >= 15 is 0 Å². The number of carbonyl (C=O) groups is 3. The number of aromatic nitrogens is 3. The second-order valence-electron chi connectivity index (χ2n) is 11.0. The van der Waals surface area contributed by atoms with Gasteiger partial charge in [-0.15, -0.1) is 0 Å². The average Bonchev–Trinajstić information content (AvgIpc) is 3.63. The van der Waals surface area contributed by atoms with Gasteiger partial charge >= 0.3 is 6.03 Å². The van der Waals surface area contributed by atoms with Crippen LogP contribution >= 0.6 is 0 Å². The molecule has 4 aromatic rings. The molecule has 3 N–H and O–H groups in total. The number of aromatic amines is 1. The molecule has 10 heteroatoms. The molecule has 1 unspecified atom stereocenters. The Morgan fingerprint density at radius 1 is 1.12 bits per heavy atom. The summed E-state index contributed by atoms with van der Waals surface area (Å²) < 4.78 is 0. The summed E-state index contributed by atoms with van der Waals surface area (Å²) in [7, 11) is 2.15. The zero-order valence-electron chi connectivity index (χ0n) is 24.0. The lowest BCUT2D eigenvalue weighted by Gasteiger charge is -2.25. The molecule has 0 spiro atoms. The van der Waals surface area contributed by atoms with Gasteiger partial charge in [0.15, 0.2) is 0 Å². The monoisotopic (exact) mass is 575 g/mol. The maximum absolute atomic E-state index is 12.9. The van der Waals surface area contributed by atoms with Crippen LogP contribution in [0.15, 0.2) is 60.8 Å². The average molecular weight is 576 g/mol. The number of amides is 4. The van der Waals surface area contributed by atoms with Crippen molar-refractivity contribution in [3.05, 3.63) is 83.3 Å². The standard InChI is InChI=1S/C33H33N7O3/c1-39-17-6-10-28(39)27-19-24-21-34-29(20-26(24)36-27)37-32(42)23-14-12-22(13-15-23)7-3-2-4-8-25-9-5-11-30(35-25)40-18-16-31(41)38-33(40)43/h5,9,11-15,19-21,28,36H,2-3,6-7,10,16-18H2,1H3,(H,34,37,42)(H,38,41,43). The Morgan fingerprint density at radius 2 is 1.98 bits per heavy atom. The summed E-state index contributed by atoms with van der Waals surface area (Å²) in [6, 6.07) is 16.9. The number of pyridine rings is 2. The molecule has 0 aliphatic carbocycles. The van der Waals surface area contributed by atoms with E-state index in [1.807, 2.05) is 30.3 Å². The third kappa shape index (κ3) is 6.58. The van der Waals surface area contributed by atoms with Crippen molar-refractivity contribution in [1.82, 2.24) is 25.2 Å². The Kier molecular flexibility index (Phi) is 8.16. The van der Waals surface area contributed by atoms with Gasteiger partial charge in [0.05, 0.1) is 5.52 Å². The quantitative estimate of drug-likeness (QED) is 0.215. The number of hydrogen-bond acceptors (Lipinski definition) is 6. The third-order valence-corrected chi connectivity index (χ3v) is 7.91. The number of H-pyrrole nitrogens is 1. The zero-order chi connectivity index (χ0) is 29.8. The number of aryl methyl sites for hydroxylation is 1. The van der Waals surface area contributed by atoms with Gasteiger partial charge in [-0.3, -0.25) is 24.7 Å². The summed E-state index contributed by atoms with van der Waals surface area (Å²) in [6.07, 6.45) is 6.75. The van der Waals surface area contributed by atoms with Crippen molar-refractivity contribution in [3.8, 4) is 11.8 Å². The molecule has 0 radical (unpaired) electrons. The molecule has 3 aromatic heterocycles. The van der Waals surface area contributed by atoms with Crippen LogP contribution in [0.25, 0.3) is 10.9 Å². The van der Waals surface area contributed by atoms with Crippen molar-refractivity contribution in [1.29, 1.82) is 0 Å². The van der Waals surface area contributed by atoms with Gasteiger partial charge < -0.3 is 10.3 Å². The van der Waals surface area contributed by atoms with Crippen LogP contribution in [0, 0.1) is 11.8 Å². The molecule has 5 heterocycles. The number of rotatable bonds is 7. The lowest BCUT2D eigenvalue weighted by Crippen LogP contribution is -2.49. The lowest BCUT2D eigenvalue weighted by molar-refractivity contribution is -0.120. The molecule has 1 aromatic carbocycles. The minimum atomic E-state index is -0.465. The van der Waals surface area contributed by atoms with E-state index in [1.54, 1.807) is 24.4 Å². The second-order valence-corrected chi connectivity index (χ2v) is 11.0. The van der Waals surface area contributed by atoms with Crippen LogP contribution in [-0.2, 0) is 11.2 Å². The van der Waals surface area contributed by atoms with Gasteiger partial charge in [0.2, 0.25) is 5.91 Å². The van der Waals surface area contributed by atoms with Crippen molar-refractivity contribution in [2.24, 2.45) is 0 Å². The van der Waals surface area contributed by atoms with Crippen LogP contribution in [0.2, 0.25) is 0 Å². The lowest BCUT2D eigenvalue weighted by atomic mass is 10.1. The van der Waals surface area contributed by atoms with Crippen LogP contribution in [0.1, 0.15) is 65.5 Å². The van der Waals surface area contributed by atoms with Crippen molar-refractivity contribution in [3.63, 3.8) is 0 Å². The molecule has 2 aliphatic rings. The third-order valence-electron chi connectivity index (χ3n) is 7.91. The maximum atomic E-state index is 12.9. The van der Waals surface area contributed by atoms with E-state index in [4.69, 9.17) is 0 Å². The largest absolute Gasteiger partial charge is 0.357 e. The number of hydrogen-bond donors (Lipinski definition) is 3. The van der Waals surface area contributed by atoms with E-state index in [0.29, 0.717) is 41.9 Å². The Balaban J connectivity index is 0.993. The molecule has 2 saturated heterocycles. The zero-order valence-corrected chi connectivity index (χ0v) is 24.0. The number of likely N-dealkylation sites (tertiary alicyclic amines) is 1. The number of benzene rings is 1. The fraction of sp³-hybridized carbons (Fsp3) is 0.303. The fourth-order valence-electron chi connectivity index (χ4n) is 5.57. The Bertz CT molecular complexity index is 1730. The van der Waals surface area contributed by atoms with E-state index in [-0.39, 0.29) is 18.2 Å². The van der Waals surface area contributed by atoms with Crippen molar-refractivity contribution >= 4 is 40.4 Å². The van der Waals surface area contributed by atoms with Crippen LogP contribution < -0.4 is 15.5 Å². The molecule has 0 saturated carbocycles. The normalized spacial score (nSPS) is 17.0. The Morgan fingerprint density at radius 3 is 2.77 bits per heavy atom. The van der Waals surface area contributed by atoms with Crippen LogP contribution in [0.3, 0.4) is 0 Å². The number of anilines is 2. The van der Waals surface area contributed by atoms with Crippen molar-refractivity contribution < 1.29 is 14.4 Å². The highest BCUT2D eigenvalue weighted by molar-refractivity contribution is 6.05. The van der Waals surface area contributed by atoms with Gasteiger partial charge in [0.1, 0.15) is 17.3 Å². The van der Waals surface area contributed by atoms with Gasteiger partial charge in [-0.25, -0.2) is 14.8 Å². The molecule has 10 nitrogen and oxygen atoms in total. The fourth-order valence-corrected chi connectivity index (χ4v) is 5.57. The predicted octanol–water partition coefficient (Wildman–Crippen LogP) is 4.80. The highest BCUT2D eigenvalue weighted by Gasteiger charge is 2.25. The summed E-state index contributed by atoms with van der Waals surface area (Å²) >= 11 is 0. The van der Waals surface area contributed by atoms with Crippen LogP contribution in [0.4, 0.5) is 16.4 Å². The SMILES string of the molecule is CN1CCCC1c1cc2cnc(NC(=O)c3ccc(CCCC#Cc4cccc(N5CCC(=O)NC5=O)n4)cc3)cc2[nH]1.